The van der Waals surface area contributed by atoms with Gasteiger partial charge >= 0.3 is 13.3 Å². The average molecular weight is 513 g/mol. The van der Waals surface area contributed by atoms with E-state index in [0.717, 1.165) is 6.07 Å². The fourth-order valence-electron chi connectivity index (χ4n) is 3.78. The van der Waals surface area contributed by atoms with Gasteiger partial charge in [-0.1, -0.05) is 63.7 Å². The van der Waals surface area contributed by atoms with Gasteiger partial charge in [0.25, 0.3) is 5.60 Å². The minimum Gasteiger partial charge on any atom is -0.423 e. The lowest BCUT2D eigenvalue weighted by Gasteiger charge is -2.30. The molecule has 2 aromatic rings. The molecule has 0 radical (unpaired) electrons. The van der Waals surface area contributed by atoms with Gasteiger partial charge in [-0.05, 0) is 42.6 Å². The number of alkyl halides is 3. The van der Waals surface area contributed by atoms with Gasteiger partial charge in [-0.3, -0.25) is 0 Å². The van der Waals surface area contributed by atoms with Gasteiger partial charge in [0, 0.05) is 5.56 Å². The second-order valence-corrected chi connectivity index (χ2v) is 9.30. The minimum absolute atomic E-state index is 0.0376. The Morgan fingerprint density at radius 1 is 1.03 bits per heavy atom. The second kappa shape index (κ2) is 7.44. The summed E-state index contributed by atoms with van der Waals surface area (Å²) in [5, 5.41) is 12.7. The third-order valence-electron chi connectivity index (χ3n) is 5.43. The van der Waals surface area contributed by atoms with Gasteiger partial charge in [0.05, 0.1) is 37.8 Å². The first-order valence-corrected chi connectivity index (χ1v) is 10.5. The normalized spacial score (nSPS) is 22.4. The fourth-order valence-corrected chi connectivity index (χ4v) is 4.74. The first-order valence-electron chi connectivity index (χ1n) is 8.94. The van der Waals surface area contributed by atoms with Crippen molar-refractivity contribution in [1.82, 2.24) is 0 Å². The van der Waals surface area contributed by atoms with Crippen molar-refractivity contribution in [3.8, 4) is 0 Å². The van der Waals surface area contributed by atoms with E-state index in [1.165, 1.54) is 0 Å². The monoisotopic (exact) mass is 511 g/mol. The molecule has 0 amide bonds. The molecule has 0 bridgehead atoms. The molecule has 2 heterocycles. The maximum atomic E-state index is 14.3. The summed E-state index contributed by atoms with van der Waals surface area (Å²) in [4.78, 5) is 5.02. The first kappa shape index (κ1) is 23.0. The Kier molecular flexibility index (Phi) is 5.52. The van der Waals surface area contributed by atoms with Crippen LogP contribution in [0.25, 0.3) is 0 Å². The van der Waals surface area contributed by atoms with Gasteiger partial charge in [-0.2, -0.15) is 13.2 Å². The van der Waals surface area contributed by atoms with Gasteiger partial charge in [0.1, 0.15) is 0 Å². The SMILES string of the molecule is CC1(C)OB(O)c2ccc(C3=NOC(c4cc(Cl)c(Cl)c(Cl)c4Cl)(C(F)(F)F)C3)cc21. The van der Waals surface area contributed by atoms with Crippen LogP contribution in [0, 0.1) is 0 Å². The molecule has 12 heteroatoms. The van der Waals surface area contributed by atoms with Crippen LogP contribution in [0.2, 0.25) is 20.1 Å². The van der Waals surface area contributed by atoms with Crippen molar-refractivity contribution in [1.29, 1.82) is 0 Å². The van der Waals surface area contributed by atoms with Crippen molar-refractivity contribution in [2.45, 2.75) is 37.6 Å². The van der Waals surface area contributed by atoms with E-state index in [-0.39, 0.29) is 20.8 Å². The van der Waals surface area contributed by atoms with Crippen LogP contribution < -0.4 is 5.46 Å². The Morgan fingerprint density at radius 3 is 2.35 bits per heavy atom. The molecule has 1 atom stereocenters. The highest BCUT2D eigenvalue weighted by atomic mass is 35.5. The Morgan fingerprint density at radius 2 is 1.71 bits per heavy atom. The van der Waals surface area contributed by atoms with Crippen molar-refractivity contribution >= 4 is 64.7 Å². The smallest absolute Gasteiger partial charge is 0.423 e. The Labute approximate surface area is 196 Å². The number of halogens is 7. The molecule has 0 fully saturated rings. The summed E-state index contributed by atoms with van der Waals surface area (Å²) >= 11 is 24.0. The molecule has 0 saturated heterocycles. The number of hydrogen-bond donors (Lipinski definition) is 1. The van der Waals surface area contributed by atoms with Gasteiger partial charge in [-0.15, -0.1) is 0 Å². The Hall–Kier alpha value is -1.16. The van der Waals surface area contributed by atoms with E-state index in [1.54, 1.807) is 32.0 Å². The largest absolute Gasteiger partial charge is 0.492 e. The molecule has 2 aliphatic rings. The van der Waals surface area contributed by atoms with Crippen molar-refractivity contribution in [3.05, 3.63) is 61.0 Å². The molecule has 1 unspecified atom stereocenters. The van der Waals surface area contributed by atoms with Crippen molar-refractivity contribution in [2.75, 3.05) is 0 Å². The van der Waals surface area contributed by atoms with E-state index >= 15 is 0 Å². The van der Waals surface area contributed by atoms with Gasteiger partial charge < -0.3 is 14.5 Å². The Bertz CT molecular complexity index is 1130. The van der Waals surface area contributed by atoms with Gasteiger partial charge in [0.2, 0.25) is 0 Å². The molecule has 0 saturated carbocycles. The second-order valence-electron chi connectivity index (χ2n) is 7.76. The molecule has 4 nitrogen and oxygen atoms in total. The van der Waals surface area contributed by atoms with Gasteiger partial charge in [-0.25, -0.2) is 0 Å². The van der Waals surface area contributed by atoms with Crippen LogP contribution in [0.15, 0.2) is 29.4 Å². The summed E-state index contributed by atoms with van der Waals surface area (Å²) in [5.41, 5.74) is -2.61. The third kappa shape index (κ3) is 3.52. The molecule has 0 spiro atoms. The highest BCUT2D eigenvalue weighted by Crippen LogP contribution is 2.53. The molecule has 2 aliphatic heterocycles. The molecule has 31 heavy (non-hydrogen) atoms. The van der Waals surface area contributed by atoms with Crippen LogP contribution in [0.1, 0.15) is 37.0 Å². The predicted molar refractivity (Wildman–Crippen MR) is 115 cm³/mol. The average Bonchev–Trinajstić information content (AvgIpc) is 3.23. The number of hydrogen-bond acceptors (Lipinski definition) is 4. The fraction of sp³-hybridized carbons (Fsp3) is 0.316. The van der Waals surface area contributed by atoms with Crippen LogP contribution in [0.3, 0.4) is 0 Å². The lowest BCUT2D eigenvalue weighted by atomic mass is 9.77. The lowest BCUT2D eigenvalue weighted by molar-refractivity contribution is -0.275. The standard InChI is InChI=1S/C19H13BCl4F3NO3/c1-17(2)9-5-8(3-4-11(9)20(29)30-17)13-7-18(31-28-13,19(25,26)27)10-6-12(21)15(23)16(24)14(10)22/h3-6,29H,7H2,1-2H3. The van der Waals surface area contributed by atoms with E-state index in [4.69, 9.17) is 55.9 Å². The number of rotatable bonds is 2. The topological polar surface area (TPSA) is 51.0 Å². The van der Waals surface area contributed by atoms with E-state index in [2.05, 4.69) is 5.16 Å². The summed E-state index contributed by atoms with van der Waals surface area (Å²) in [6.07, 6.45) is -5.58. The summed E-state index contributed by atoms with van der Waals surface area (Å²) < 4.78 is 48.4. The molecule has 0 aliphatic carbocycles. The minimum atomic E-state index is -4.91. The van der Waals surface area contributed by atoms with Crippen LogP contribution in [-0.4, -0.2) is 24.0 Å². The van der Waals surface area contributed by atoms with Gasteiger partial charge in [0.15, 0.2) is 0 Å². The predicted octanol–water partition coefficient (Wildman–Crippen LogP) is 5.84. The number of nitrogens with zero attached hydrogens (tertiary/aromatic N) is 1. The molecule has 164 valence electrons. The molecule has 4 rings (SSSR count). The summed E-state index contributed by atoms with van der Waals surface area (Å²) in [6, 6.07) is 5.75. The third-order valence-corrected chi connectivity index (χ3v) is 7.18. The zero-order valence-corrected chi connectivity index (χ0v) is 19.0. The van der Waals surface area contributed by atoms with Crippen LogP contribution in [0.4, 0.5) is 13.2 Å². The van der Waals surface area contributed by atoms with E-state index in [1.807, 2.05) is 0 Å². The molecule has 1 N–H and O–H groups in total. The van der Waals surface area contributed by atoms with Crippen LogP contribution in [-0.2, 0) is 20.7 Å². The zero-order valence-electron chi connectivity index (χ0n) is 16.0. The summed E-state index contributed by atoms with van der Waals surface area (Å²) in [5.74, 6) is 0. The highest BCUT2D eigenvalue weighted by Gasteiger charge is 2.63. The van der Waals surface area contributed by atoms with Crippen LogP contribution >= 0.6 is 46.4 Å². The summed E-state index contributed by atoms with van der Waals surface area (Å²) in [7, 11) is -1.12. The molecular weight excluding hydrogens is 500 g/mol. The quantitative estimate of drug-likeness (QED) is 0.313. The maximum absolute atomic E-state index is 14.3. The van der Waals surface area contributed by atoms with E-state index < -0.39 is 41.5 Å². The molecular formula is C19H13BCl4F3NO3. The van der Waals surface area contributed by atoms with E-state index in [9.17, 15) is 18.2 Å². The van der Waals surface area contributed by atoms with E-state index in [0.29, 0.717) is 16.6 Å². The number of oxime groups is 1. The maximum Gasteiger partial charge on any atom is 0.492 e. The molecule has 0 aromatic heterocycles. The zero-order chi connectivity index (χ0) is 22.9. The van der Waals surface area contributed by atoms with Crippen LogP contribution in [0.5, 0.6) is 0 Å². The Balaban J connectivity index is 1.79. The lowest BCUT2D eigenvalue weighted by Crippen LogP contribution is -2.43. The van der Waals surface area contributed by atoms with Crippen molar-refractivity contribution < 1.29 is 27.7 Å². The highest BCUT2D eigenvalue weighted by molar-refractivity contribution is 6.62. The first-order chi connectivity index (χ1) is 14.3. The van der Waals surface area contributed by atoms with Crippen molar-refractivity contribution in [2.24, 2.45) is 5.16 Å². The molecule has 2 aromatic carbocycles. The number of fused-ring (bicyclic) bond motifs is 1. The summed E-state index contributed by atoms with van der Waals surface area (Å²) in [6.45, 7) is 3.49. The van der Waals surface area contributed by atoms with Crippen molar-refractivity contribution in [3.63, 3.8) is 0 Å². The number of benzene rings is 2.